The van der Waals surface area contributed by atoms with Gasteiger partial charge in [0, 0.05) is 28.9 Å². The lowest BCUT2D eigenvalue weighted by molar-refractivity contribution is -0.143. The highest BCUT2D eigenvalue weighted by Crippen LogP contribution is 2.35. The third-order valence-electron chi connectivity index (χ3n) is 5.43. The minimum atomic E-state index is -0.757. The van der Waals surface area contributed by atoms with Crippen LogP contribution in [0.15, 0.2) is 23.1 Å². The first-order valence-corrected chi connectivity index (χ1v) is 10.5. The van der Waals surface area contributed by atoms with Crippen LogP contribution in [0, 0.1) is 12.8 Å². The molecular weight excluding hydrogens is 348 g/mol. The summed E-state index contributed by atoms with van der Waals surface area (Å²) in [7, 11) is 0. The number of anilines is 1. The molecule has 2 aliphatic rings. The molecule has 0 radical (unpaired) electrons. The van der Waals surface area contributed by atoms with Crippen LogP contribution in [0.1, 0.15) is 50.5 Å². The molecule has 0 unspecified atom stereocenters. The Morgan fingerprint density at radius 2 is 1.81 bits per heavy atom. The zero-order chi connectivity index (χ0) is 18.5. The largest absolute Gasteiger partial charge is 0.481 e. The Kier molecular flexibility index (Phi) is 6.46. The van der Waals surface area contributed by atoms with Gasteiger partial charge in [0.25, 0.3) is 0 Å². The number of aryl methyl sites for hydroxylation is 1. The molecular formula is C20H28N2O3S. The first kappa shape index (κ1) is 19.1. The minimum Gasteiger partial charge on any atom is -0.481 e. The number of amides is 2. The SMILES string of the molecule is Cc1cc(SC2CCCCC2)ccc1NC(=O)N1CCC(C(=O)O)CC1. The highest BCUT2D eigenvalue weighted by Gasteiger charge is 2.27. The van der Waals surface area contributed by atoms with Crippen molar-refractivity contribution >= 4 is 29.4 Å². The number of nitrogens with zero attached hydrogens (tertiary/aromatic N) is 1. The number of carboxylic acid groups (broad SMARTS) is 1. The molecule has 1 aliphatic heterocycles. The summed E-state index contributed by atoms with van der Waals surface area (Å²) in [6.45, 7) is 3.02. The molecule has 2 fully saturated rings. The number of benzene rings is 1. The zero-order valence-electron chi connectivity index (χ0n) is 15.4. The van der Waals surface area contributed by atoms with E-state index in [0.29, 0.717) is 25.9 Å². The van der Waals surface area contributed by atoms with Crippen molar-refractivity contribution in [1.29, 1.82) is 0 Å². The maximum Gasteiger partial charge on any atom is 0.321 e. The lowest BCUT2D eigenvalue weighted by atomic mass is 9.97. The normalized spacial score (nSPS) is 19.3. The van der Waals surface area contributed by atoms with Crippen molar-refractivity contribution in [3.63, 3.8) is 0 Å². The lowest BCUT2D eigenvalue weighted by Crippen LogP contribution is -2.42. The van der Waals surface area contributed by atoms with Gasteiger partial charge in [0.15, 0.2) is 0 Å². The Hall–Kier alpha value is -1.69. The van der Waals surface area contributed by atoms with Crippen LogP contribution in [0.5, 0.6) is 0 Å². The summed E-state index contributed by atoms with van der Waals surface area (Å²) in [5, 5.41) is 12.8. The number of carbonyl (C=O) groups excluding carboxylic acids is 1. The smallest absolute Gasteiger partial charge is 0.321 e. The number of aliphatic carboxylic acids is 1. The Balaban J connectivity index is 1.54. The molecule has 0 aromatic heterocycles. The monoisotopic (exact) mass is 376 g/mol. The highest BCUT2D eigenvalue weighted by atomic mass is 32.2. The van der Waals surface area contributed by atoms with Crippen LogP contribution >= 0.6 is 11.8 Å². The number of nitrogens with one attached hydrogen (secondary N) is 1. The van der Waals surface area contributed by atoms with Crippen molar-refractivity contribution in [2.45, 2.75) is 62.0 Å². The van der Waals surface area contributed by atoms with Crippen LogP contribution in [-0.2, 0) is 4.79 Å². The van der Waals surface area contributed by atoms with Gasteiger partial charge in [0.1, 0.15) is 0 Å². The maximum absolute atomic E-state index is 12.5. The predicted molar refractivity (Wildman–Crippen MR) is 105 cm³/mol. The van der Waals surface area contributed by atoms with Crippen molar-refractivity contribution in [3.8, 4) is 0 Å². The van der Waals surface area contributed by atoms with Gasteiger partial charge < -0.3 is 15.3 Å². The fraction of sp³-hybridized carbons (Fsp3) is 0.600. The summed E-state index contributed by atoms with van der Waals surface area (Å²) in [4.78, 5) is 26.5. The van der Waals surface area contributed by atoms with Gasteiger partial charge in [-0.25, -0.2) is 4.79 Å². The third-order valence-corrected chi connectivity index (χ3v) is 6.76. The van der Waals surface area contributed by atoms with Gasteiger partial charge in [-0.05, 0) is 56.4 Å². The van der Waals surface area contributed by atoms with Crippen molar-refractivity contribution in [3.05, 3.63) is 23.8 Å². The van der Waals surface area contributed by atoms with Crippen LogP contribution in [0.3, 0.4) is 0 Å². The molecule has 1 heterocycles. The zero-order valence-corrected chi connectivity index (χ0v) is 16.2. The van der Waals surface area contributed by atoms with Crippen LogP contribution in [-0.4, -0.2) is 40.3 Å². The predicted octanol–water partition coefficient (Wildman–Crippen LogP) is 4.75. The molecule has 2 N–H and O–H groups in total. The summed E-state index contributed by atoms with van der Waals surface area (Å²) in [5.41, 5.74) is 1.91. The molecule has 1 aliphatic carbocycles. The minimum absolute atomic E-state index is 0.135. The first-order chi connectivity index (χ1) is 12.5. The van der Waals surface area contributed by atoms with Crippen LogP contribution in [0.4, 0.5) is 10.5 Å². The molecule has 5 nitrogen and oxygen atoms in total. The molecule has 26 heavy (non-hydrogen) atoms. The molecule has 0 atom stereocenters. The van der Waals surface area contributed by atoms with Gasteiger partial charge in [-0.3, -0.25) is 4.79 Å². The van der Waals surface area contributed by atoms with Gasteiger partial charge in [-0.15, -0.1) is 11.8 Å². The Morgan fingerprint density at radius 3 is 2.42 bits per heavy atom. The number of piperidine rings is 1. The number of carbonyl (C=O) groups is 2. The van der Waals surface area contributed by atoms with Crippen LogP contribution < -0.4 is 5.32 Å². The number of hydrogen-bond donors (Lipinski definition) is 2. The number of hydrogen-bond acceptors (Lipinski definition) is 3. The van der Waals surface area contributed by atoms with Crippen molar-refractivity contribution in [1.82, 2.24) is 4.90 Å². The van der Waals surface area contributed by atoms with E-state index in [9.17, 15) is 9.59 Å². The molecule has 1 saturated heterocycles. The number of urea groups is 1. The van der Waals surface area contributed by atoms with Gasteiger partial charge in [0.2, 0.25) is 0 Å². The topological polar surface area (TPSA) is 69.6 Å². The van der Waals surface area contributed by atoms with Crippen molar-refractivity contribution in [2.75, 3.05) is 18.4 Å². The first-order valence-electron chi connectivity index (χ1n) is 9.59. The van der Waals surface area contributed by atoms with Crippen molar-refractivity contribution in [2.24, 2.45) is 5.92 Å². The van der Waals surface area contributed by atoms with E-state index in [4.69, 9.17) is 5.11 Å². The average Bonchev–Trinajstić information content (AvgIpc) is 2.65. The average molecular weight is 377 g/mol. The summed E-state index contributed by atoms with van der Waals surface area (Å²) in [6.07, 6.45) is 7.69. The van der Waals surface area contributed by atoms with E-state index in [1.807, 2.05) is 24.8 Å². The molecule has 142 valence electrons. The molecule has 3 rings (SSSR count). The molecule has 1 aromatic rings. The van der Waals surface area contributed by atoms with Gasteiger partial charge in [-0.1, -0.05) is 19.3 Å². The summed E-state index contributed by atoms with van der Waals surface area (Å²) in [5.74, 6) is -1.08. The standard InChI is InChI=1S/C20H28N2O3S/c1-14-13-17(26-16-5-3-2-4-6-16)7-8-18(14)21-20(25)22-11-9-15(10-12-22)19(23)24/h7-8,13,15-16H,2-6,9-12H2,1H3,(H,21,25)(H,23,24). The van der Waals surface area contributed by atoms with Crippen LogP contribution in [0.25, 0.3) is 0 Å². The fourth-order valence-electron chi connectivity index (χ4n) is 3.75. The summed E-state index contributed by atoms with van der Waals surface area (Å²) >= 11 is 1.96. The summed E-state index contributed by atoms with van der Waals surface area (Å²) < 4.78 is 0. The number of carboxylic acids is 1. The van der Waals surface area contributed by atoms with E-state index in [1.54, 1.807) is 4.90 Å². The molecule has 0 spiro atoms. The Morgan fingerprint density at radius 1 is 1.12 bits per heavy atom. The molecule has 1 aromatic carbocycles. The van der Waals surface area contributed by atoms with E-state index < -0.39 is 5.97 Å². The quantitative estimate of drug-likeness (QED) is 0.796. The second-order valence-electron chi connectivity index (χ2n) is 7.38. The number of likely N-dealkylation sites (tertiary alicyclic amines) is 1. The van der Waals surface area contributed by atoms with Gasteiger partial charge in [0.05, 0.1) is 5.92 Å². The van der Waals surface area contributed by atoms with E-state index in [-0.39, 0.29) is 11.9 Å². The van der Waals surface area contributed by atoms with Crippen molar-refractivity contribution < 1.29 is 14.7 Å². The van der Waals surface area contributed by atoms with E-state index in [2.05, 4.69) is 17.4 Å². The highest BCUT2D eigenvalue weighted by molar-refractivity contribution is 8.00. The molecule has 0 bridgehead atoms. The van der Waals surface area contributed by atoms with Gasteiger partial charge in [-0.2, -0.15) is 0 Å². The van der Waals surface area contributed by atoms with Crippen LogP contribution in [0.2, 0.25) is 0 Å². The van der Waals surface area contributed by atoms with E-state index in [0.717, 1.165) is 16.5 Å². The number of rotatable bonds is 4. The lowest BCUT2D eigenvalue weighted by Gasteiger charge is -2.30. The van der Waals surface area contributed by atoms with Gasteiger partial charge >= 0.3 is 12.0 Å². The second-order valence-corrected chi connectivity index (χ2v) is 8.76. The molecule has 1 saturated carbocycles. The molecule has 2 amide bonds. The molecule has 6 heteroatoms. The fourth-order valence-corrected chi connectivity index (χ4v) is 5.09. The van der Waals surface area contributed by atoms with E-state index >= 15 is 0 Å². The number of thioether (sulfide) groups is 1. The second kappa shape index (κ2) is 8.80. The van der Waals surface area contributed by atoms with E-state index in [1.165, 1.54) is 37.0 Å². The third kappa shape index (κ3) is 4.93. The Bertz CT molecular complexity index is 650. The maximum atomic E-state index is 12.5. The summed E-state index contributed by atoms with van der Waals surface area (Å²) in [6, 6.07) is 6.11. The Labute approximate surface area is 159 Å².